The summed E-state index contributed by atoms with van der Waals surface area (Å²) in [7, 11) is 0. The minimum atomic E-state index is -1.41. The third-order valence-corrected chi connectivity index (χ3v) is 0.801. The first-order chi connectivity index (χ1) is 5.56. The van der Waals surface area contributed by atoms with Gasteiger partial charge in [-0.15, -0.1) is 0 Å². The summed E-state index contributed by atoms with van der Waals surface area (Å²) in [5.74, 6) is -2.20. The summed E-state index contributed by atoms with van der Waals surface area (Å²) in [6, 6.07) is 0. The molecule has 0 spiro atoms. The molecule has 0 heterocycles. The number of carbonyl (C=O) groups excluding carboxylic acids is 1. The molecule has 0 fully saturated rings. The van der Waals surface area contributed by atoms with Crippen molar-refractivity contribution in [3.63, 3.8) is 0 Å². The number of carboxylic acid groups (broad SMARTS) is 1. The fourth-order valence-corrected chi connectivity index (χ4v) is 0.346. The van der Waals surface area contributed by atoms with Gasteiger partial charge in [0, 0.05) is 12.2 Å². The number of hydrogen-bond donors (Lipinski definition) is 2. The Morgan fingerprint density at radius 2 is 2.00 bits per heavy atom. The van der Waals surface area contributed by atoms with E-state index in [0.29, 0.717) is 12.2 Å². The van der Waals surface area contributed by atoms with E-state index in [1.807, 2.05) is 0 Å². The van der Waals surface area contributed by atoms with Crippen LogP contribution in [0.15, 0.2) is 24.8 Å². The van der Waals surface area contributed by atoms with Gasteiger partial charge >= 0.3 is 11.9 Å². The summed E-state index contributed by atoms with van der Waals surface area (Å²) >= 11 is 0. The van der Waals surface area contributed by atoms with Gasteiger partial charge in [-0.1, -0.05) is 6.58 Å². The molecule has 0 radical (unpaired) electrons. The van der Waals surface area contributed by atoms with E-state index in [2.05, 4.69) is 11.3 Å². The number of aliphatic carboxylic acids is 1. The molecule has 0 saturated heterocycles. The SMILES string of the molecule is C=CC(O)OC(=O)/C=C\C(=O)O. The van der Waals surface area contributed by atoms with Gasteiger partial charge in [-0.3, -0.25) is 0 Å². The number of esters is 1. The average Bonchev–Trinajstić information content (AvgIpc) is 2.00. The lowest BCUT2D eigenvalue weighted by atomic mass is 10.5. The molecule has 0 aromatic rings. The largest absolute Gasteiger partial charge is 0.478 e. The number of aliphatic hydroxyl groups excluding tert-OH is 1. The van der Waals surface area contributed by atoms with Crippen LogP contribution in [0.3, 0.4) is 0 Å². The molecule has 0 bridgehead atoms. The summed E-state index contributed by atoms with van der Waals surface area (Å²) < 4.78 is 4.20. The quantitative estimate of drug-likeness (QED) is 0.262. The van der Waals surface area contributed by atoms with Gasteiger partial charge in [-0.05, 0) is 6.08 Å². The molecular formula is C7H8O5. The number of rotatable bonds is 4. The minimum absolute atomic E-state index is 0.609. The molecule has 0 aliphatic rings. The Morgan fingerprint density at radius 1 is 1.42 bits per heavy atom. The molecule has 0 amide bonds. The van der Waals surface area contributed by atoms with Crippen molar-refractivity contribution in [3.8, 4) is 0 Å². The Labute approximate surface area is 68.6 Å². The molecule has 0 rings (SSSR count). The van der Waals surface area contributed by atoms with Crippen molar-refractivity contribution in [2.45, 2.75) is 6.29 Å². The summed E-state index contributed by atoms with van der Waals surface area (Å²) in [5.41, 5.74) is 0. The zero-order valence-electron chi connectivity index (χ0n) is 6.14. The number of ether oxygens (including phenoxy) is 1. The standard InChI is InChI=1S/C7H8O5/c1-2-6(10)12-7(11)4-3-5(8)9/h2-4,6,10H,1H2,(H,8,9)/b4-3-. The van der Waals surface area contributed by atoms with Crippen LogP contribution in [0.25, 0.3) is 0 Å². The minimum Gasteiger partial charge on any atom is -0.478 e. The van der Waals surface area contributed by atoms with Crippen LogP contribution in [0, 0.1) is 0 Å². The van der Waals surface area contributed by atoms with Gasteiger partial charge in [0.2, 0.25) is 6.29 Å². The molecular weight excluding hydrogens is 164 g/mol. The van der Waals surface area contributed by atoms with Crippen molar-refractivity contribution in [1.82, 2.24) is 0 Å². The molecule has 0 aromatic heterocycles. The maximum Gasteiger partial charge on any atom is 0.333 e. The first-order valence-electron chi connectivity index (χ1n) is 2.98. The van der Waals surface area contributed by atoms with E-state index in [1.165, 1.54) is 0 Å². The lowest BCUT2D eigenvalue weighted by molar-refractivity contribution is -0.154. The highest BCUT2D eigenvalue weighted by Crippen LogP contribution is 1.89. The Kier molecular flexibility index (Phi) is 4.40. The second kappa shape index (κ2) is 5.09. The number of hydrogen-bond acceptors (Lipinski definition) is 4. The lowest BCUT2D eigenvalue weighted by Crippen LogP contribution is -2.12. The molecule has 1 unspecified atom stereocenters. The zero-order chi connectivity index (χ0) is 9.56. The van der Waals surface area contributed by atoms with E-state index in [4.69, 9.17) is 10.2 Å². The van der Waals surface area contributed by atoms with E-state index in [1.54, 1.807) is 0 Å². The van der Waals surface area contributed by atoms with Crippen molar-refractivity contribution in [2.75, 3.05) is 0 Å². The van der Waals surface area contributed by atoms with Crippen LogP contribution in [0.1, 0.15) is 0 Å². The van der Waals surface area contributed by atoms with Crippen molar-refractivity contribution in [3.05, 3.63) is 24.8 Å². The summed E-state index contributed by atoms with van der Waals surface area (Å²) in [6.45, 7) is 3.14. The highest BCUT2D eigenvalue weighted by molar-refractivity contribution is 5.90. The molecule has 0 saturated carbocycles. The average molecular weight is 172 g/mol. The first kappa shape index (κ1) is 10.4. The maximum atomic E-state index is 10.5. The predicted molar refractivity (Wildman–Crippen MR) is 39.1 cm³/mol. The first-order valence-corrected chi connectivity index (χ1v) is 2.98. The lowest BCUT2D eigenvalue weighted by Gasteiger charge is -2.03. The van der Waals surface area contributed by atoms with Crippen LogP contribution in [0.5, 0.6) is 0 Å². The molecule has 5 heteroatoms. The molecule has 2 N–H and O–H groups in total. The number of aliphatic hydroxyl groups is 1. The van der Waals surface area contributed by atoms with Crippen molar-refractivity contribution in [2.24, 2.45) is 0 Å². The molecule has 66 valence electrons. The van der Waals surface area contributed by atoms with Gasteiger partial charge in [0.15, 0.2) is 0 Å². The normalized spacial score (nSPS) is 12.4. The molecule has 1 atom stereocenters. The van der Waals surface area contributed by atoms with E-state index in [-0.39, 0.29) is 0 Å². The van der Waals surface area contributed by atoms with E-state index in [9.17, 15) is 9.59 Å². The second-order valence-electron chi connectivity index (χ2n) is 1.73. The third-order valence-electron chi connectivity index (χ3n) is 0.801. The van der Waals surface area contributed by atoms with Gasteiger partial charge in [-0.2, -0.15) is 0 Å². The van der Waals surface area contributed by atoms with Gasteiger partial charge < -0.3 is 14.9 Å². The van der Waals surface area contributed by atoms with E-state index >= 15 is 0 Å². The third kappa shape index (κ3) is 5.19. The van der Waals surface area contributed by atoms with Crippen LogP contribution >= 0.6 is 0 Å². The van der Waals surface area contributed by atoms with Crippen molar-refractivity contribution >= 4 is 11.9 Å². The van der Waals surface area contributed by atoms with E-state index in [0.717, 1.165) is 6.08 Å². The van der Waals surface area contributed by atoms with E-state index < -0.39 is 18.2 Å². The van der Waals surface area contributed by atoms with Gasteiger partial charge in [0.05, 0.1) is 0 Å². The van der Waals surface area contributed by atoms with Crippen LogP contribution in [0.2, 0.25) is 0 Å². The Balaban J connectivity index is 3.89. The van der Waals surface area contributed by atoms with Gasteiger partial charge in [0.25, 0.3) is 0 Å². The predicted octanol–water partition coefficient (Wildman–Crippen LogP) is -0.325. The molecule has 0 aliphatic heterocycles. The topological polar surface area (TPSA) is 83.8 Å². The Morgan fingerprint density at radius 3 is 2.42 bits per heavy atom. The monoisotopic (exact) mass is 172 g/mol. The Hall–Kier alpha value is -1.62. The van der Waals surface area contributed by atoms with Crippen molar-refractivity contribution < 1.29 is 24.5 Å². The fraction of sp³-hybridized carbons (Fsp3) is 0.143. The maximum absolute atomic E-state index is 10.5. The Bertz CT molecular complexity index is 218. The second-order valence-corrected chi connectivity index (χ2v) is 1.73. The molecule has 0 aromatic carbocycles. The molecule has 5 nitrogen and oxygen atoms in total. The van der Waals surface area contributed by atoms with Gasteiger partial charge in [0.1, 0.15) is 0 Å². The number of carbonyl (C=O) groups is 2. The van der Waals surface area contributed by atoms with Gasteiger partial charge in [-0.25, -0.2) is 9.59 Å². The zero-order valence-corrected chi connectivity index (χ0v) is 6.14. The highest BCUT2D eigenvalue weighted by Gasteiger charge is 2.03. The fourth-order valence-electron chi connectivity index (χ4n) is 0.346. The van der Waals surface area contributed by atoms with Crippen LogP contribution in [-0.4, -0.2) is 28.4 Å². The van der Waals surface area contributed by atoms with Crippen LogP contribution in [0.4, 0.5) is 0 Å². The number of carboxylic acids is 1. The smallest absolute Gasteiger partial charge is 0.333 e. The summed E-state index contributed by atoms with van der Waals surface area (Å²) in [6.07, 6.45) is 0.885. The van der Waals surface area contributed by atoms with Crippen LogP contribution in [-0.2, 0) is 14.3 Å². The molecule has 12 heavy (non-hydrogen) atoms. The summed E-state index contributed by atoms with van der Waals surface area (Å²) in [5, 5.41) is 16.7. The van der Waals surface area contributed by atoms with Crippen LogP contribution < -0.4 is 0 Å². The van der Waals surface area contributed by atoms with Crippen molar-refractivity contribution in [1.29, 1.82) is 0 Å². The highest BCUT2D eigenvalue weighted by atomic mass is 16.6. The summed E-state index contributed by atoms with van der Waals surface area (Å²) in [4.78, 5) is 20.4. The molecule has 0 aliphatic carbocycles.